The van der Waals surface area contributed by atoms with Crippen molar-refractivity contribution >= 4 is 0 Å². The number of nitriles is 1. The van der Waals surface area contributed by atoms with Crippen molar-refractivity contribution in [3.8, 4) is 6.07 Å². The van der Waals surface area contributed by atoms with Crippen molar-refractivity contribution in [2.24, 2.45) is 0 Å². The number of nitrogens with zero attached hydrogens (tertiary/aromatic N) is 2. The first-order valence-electron chi connectivity index (χ1n) is 3.11. The molecule has 0 aromatic carbocycles. The Morgan fingerprint density at radius 3 is 2.91 bits per heavy atom. The molecule has 0 aromatic heterocycles. The molecule has 0 amide bonds. The number of rotatable bonds is 0. The number of aliphatic hydroxyl groups is 1. The summed E-state index contributed by atoms with van der Waals surface area (Å²) in [4.78, 5) is 0. The smallest absolute Gasteiger partial charge is 0.170 e. The van der Waals surface area contributed by atoms with Gasteiger partial charge in [-0.2, -0.15) is 5.26 Å². The van der Waals surface area contributed by atoms with E-state index in [2.05, 4.69) is 0 Å². The number of allylic oxidation sites excluding steroid dienone is 2. The highest BCUT2D eigenvalue weighted by atomic mass is 16.5. The second-order valence-electron chi connectivity index (χ2n) is 2.30. The van der Waals surface area contributed by atoms with Crippen LogP contribution in [0.2, 0.25) is 0 Å². The molecule has 1 heterocycles. The molecule has 2 N–H and O–H groups in total. The van der Waals surface area contributed by atoms with Gasteiger partial charge in [0.05, 0.1) is 5.57 Å². The van der Waals surface area contributed by atoms with E-state index in [4.69, 9.17) is 15.6 Å². The zero-order valence-corrected chi connectivity index (χ0v) is 6.02. The van der Waals surface area contributed by atoms with Crippen molar-refractivity contribution in [1.29, 1.82) is 5.26 Å². The summed E-state index contributed by atoms with van der Waals surface area (Å²) in [6.45, 7) is 1.70. The first-order valence-corrected chi connectivity index (χ1v) is 3.11. The molecule has 0 fully saturated rings. The zero-order chi connectivity index (χ0) is 8.43. The molecule has 0 bridgehead atoms. The molecule has 1 aliphatic rings. The molecule has 1 aliphatic heterocycles. The van der Waals surface area contributed by atoms with Gasteiger partial charge in [-0.25, -0.2) is 5.06 Å². The van der Waals surface area contributed by atoms with Gasteiger partial charge in [0, 0.05) is 6.20 Å². The van der Waals surface area contributed by atoms with Crippen molar-refractivity contribution in [2.75, 3.05) is 0 Å². The fourth-order valence-electron chi connectivity index (χ4n) is 0.817. The summed E-state index contributed by atoms with van der Waals surface area (Å²) in [5, 5.41) is 27.0. The van der Waals surface area contributed by atoms with Gasteiger partial charge in [-0.15, -0.1) is 0 Å². The highest BCUT2D eigenvalue weighted by molar-refractivity contribution is 5.42. The molecule has 11 heavy (non-hydrogen) atoms. The van der Waals surface area contributed by atoms with Crippen molar-refractivity contribution in [3.63, 3.8) is 0 Å². The molecular formula is C7H8N2O2. The van der Waals surface area contributed by atoms with E-state index in [9.17, 15) is 0 Å². The van der Waals surface area contributed by atoms with Gasteiger partial charge in [0.15, 0.2) is 6.23 Å². The predicted octanol–water partition coefficient (Wildman–Crippen LogP) is 0.363. The molecule has 0 aromatic rings. The van der Waals surface area contributed by atoms with E-state index in [0.717, 1.165) is 0 Å². The molecule has 0 radical (unpaired) electrons. The number of hydrogen-bond acceptors (Lipinski definition) is 4. The summed E-state index contributed by atoms with van der Waals surface area (Å²) in [6.07, 6.45) is 1.56. The van der Waals surface area contributed by atoms with E-state index in [1.165, 1.54) is 12.3 Å². The third-order valence-electron chi connectivity index (χ3n) is 1.48. The van der Waals surface area contributed by atoms with E-state index in [0.29, 0.717) is 16.2 Å². The van der Waals surface area contributed by atoms with E-state index < -0.39 is 6.23 Å². The Morgan fingerprint density at radius 1 is 1.73 bits per heavy atom. The lowest BCUT2D eigenvalue weighted by molar-refractivity contribution is -0.138. The third kappa shape index (κ3) is 1.40. The fourth-order valence-corrected chi connectivity index (χ4v) is 0.817. The Hall–Kier alpha value is -1.31. The van der Waals surface area contributed by atoms with Crippen molar-refractivity contribution in [3.05, 3.63) is 23.4 Å². The quantitative estimate of drug-likeness (QED) is 0.526. The van der Waals surface area contributed by atoms with Crippen molar-refractivity contribution in [2.45, 2.75) is 13.2 Å². The van der Waals surface area contributed by atoms with Crippen LogP contribution in [-0.2, 0) is 0 Å². The third-order valence-corrected chi connectivity index (χ3v) is 1.48. The van der Waals surface area contributed by atoms with Crippen molar-refractivity contribution in [1.82, 2.24) is 5.06 Å². The average Bonchev–Trinajstić information content (AvgIpc) is 1.97. The van der Waals surface area contributed by atoms with Crippen LogP contribution < -0.4 is 0 Å². The maximum atomic E-state index is 9.01. The first kappa shape index (κ1) is 7.79. The summed E-state index contributed by atoms with van der Waals surface area (Å²) in [5.41, 5.74) is 1.03. The molecule has 0 saturated heterocycles. The van der Waals surface area contributed by atoms with E-state index in [1.807, 2.05) is 6.07 Å². The first-order chi connectivity index (χ1) is 5.15. The van der Waals surface area contributed by atoms with Crippen LogP contribution in [0.1, 0.15) is 6.92 Å². The number of hydrogen-bond donors (Lipinski definition) is 2. The minimum Gasteiger partial charge on any atom is -0.368 e. The topological polar surface area (TPSA) is 67.5 Å². The summed E-state index contributed by atoms with van der Waals surface area (Å²) in [7, 11) is 0. The van der Waals surface area contributed by atoms with Crippen LogP contribution in [0.25, 0.3) is 0 Å². The molecule has 0 spiro atoms. The summed E-state index contributed by atoms with van der Waals surface area (Å²) in [5.74, 6) is 0. The Labute approximate surface area is 64.2 Å². The van der Waals surface area contributed by atoms with E-state index >= 15 is 0 Å². The Kier molecular flexibility index (Phi) is 1.94. The lowest BCUT2D eigenvalue weighted by Gasteiger charge is -2.21. The van der Waals surface area contributed by atoms with Crippen LogP contribution >= 0.6 is 0 Å². The lowest BCUT2D eigenvalue weighted by atomic mass is 10.1. The predicted molar refractivity (Wildman–Crippen MR) is 37.1 cm³/mol. The minimum atomic E-state index is -1.04. The van der Waals surface area contributed by atoms with E-state index in [-0.39, 0.29) is 0 Å². The zero-order valence-electron chi connectivity index (χ0n) is 6.02. The molecule has 4 heteroatoms. The second kappa shape index (κ2) is 2.74. The van der Waals surface area contributed by atoms with Crippen LogP contribution in [0, 0.1) is 11.3 Å². The summed E-state index contributed by atoms with van der Waals surface area (Å²) in [6, 6.07) is 1.88. The highest BCUT2D eigenvalue weighted by Crippen LogP contribution is 2.16. The van der Waals surface area contributed by atoms with Gasteiger partial charge < -0.3 is 5.11 Å². The van der Waals surface area contributed by atoms with Gasteiger partial charge in [-0.1, -0.05) is 0 Å². The van der Waals surface area contributed by atoms with Crippen LogP contribution in [0.4, 0.5) is 0 Å². The molecule has 4 nitrogen and oxygen atoms in total. The van der Waals surface area contributed by atoms with Gasteiger partial charge in [-0.05, 0) is 18.6 Å². The standard InChI is InChI=1S/C7H8N2O2/c1-5-2-7(10)9(11)4-6(5)3-8/h2,4,7,10-11H,1H3. The maximum absolute atomic E-state index is 9.01. The number of hydroxylamine groups is 2. The Bertz CT molecular complexity index is 262. The average molecular weight is 152 g/mol. The van der Waals surface area contributed by atoms with Crippen molar-refractivity contribution < 1.29 is 10.3 Å². The van der Waals surface area contributed by atoms with Gasteiger partial charge in [0.1, 0.15) is 6.07 Å². The summed E-state index contributed by atoms with van der Waals surface area (Å²) >= 11 is 0. The fraction of sp³-hybridized carbons (Fsp3) is 0.286. The number of aliphatic hydroxyl groups excluding tert-OH is 1. The van der Waals surface area contributed by atoms with Gasteiger partial charge in [0.25, 0.3) is 0 Å². The largest absolute Gasteiger partial charge is 0.368 e. The normalized spacial score (nSPS) is 23.8. The molecule has 0 aliphatic carbocycles. The van der Waals surface area contributed by atoms with Crippen LogP contribution in [0.15, 0.2) is 23.4 Å². The molecule has 0 saturated carbocycles. The van der Waals surface area contributed by atoms with E-state index in [1.54, 1.807) is 6.92 Å². The second-order valence-corrected chi connectivity index (χ2v) is 2.30. The van der Waals surface area contributed by atoms with Crippen LogP contribution in [0.3, 0.4) is 0 Å². The van der Waals surface area contributed by atoms with Gasteiger partial charge in [-0.3, -0.25) is 5.21 Å². The Morgan fingerprint density at radius 2 is 2.36 bits per heavy atom. The van der Waals surface area contributed by atoms with Crippen LogP contribution in [0.5, 0.6) is 0 Å². The van der Waals surface area contributed by atoms with Gasteiger partial charge >= 0.3 is 0 Å². The molecule has 58 valence electrons. The maximum Gasteiger partial charge on any atom is 0.170 e. The van der Waals surface area contributed by atoms with Gasteiger partial charge in [0.2, 0.25) is 0 Å². The molecule has 1 unspecified atom stereocenters. The SMILES string of the molecule is CC1=CC(O)N(O)C=C1C#N. The highest BCUT2D eigenvalue weighted by Gasteiger charge is 2.15. The molecule has 1 atom stereocenters. The lowest BCUT2D eigenvalue weighted by Crippen LogP contribution is -2.28. The van der Waals surface area contributed by atoms with Crippen LogP contribution in [-0.4, -0.2) is 21.6 Å². The summed E-state index contributed by atoms with van der Waals surface area (Å²) < 4.78 is 0. The monoisotopic (exact) mass is 152 g/mol. The molecular weight excluding hydrogens is 144 g/mol. The molecule has 1 rings (SSSR count). The Balaban J connectivity index is 2.94. The minimum absolute atomic E-state index is 0.359.